The second kappa shape index (κ2) is 8.95. The number of dihydropyridines is 1. The Hall–Kier alpha value is -3.65. The zero-order chi connectivity index (χ0) is 23.8. The third kappa shape index (κ3) is 3.84. The zero-order valence-electron chi connectivity index (χ0n) is 19.2. The fourth-order valence-corrected chi connectivity index (χ4v) is 5.61. The first-order valence-corrected chi connectivity index (χ1v) is 11.9. The molecule has 1 aliphatic heterocycles. The number of anilines is 1. The van der Waals surface area contributed by atoms with Gasteiger partial charge in [-0.1, -0.05) is 23.5 Å². The number of nitrogens with one attached hydrogen (secondary N) is 2. The maximum atomic E-state index is 13.7. The van der Waals surface area contributed by atoms with Gasteiger partial charge in [-0.3, -0.25) is 14.9 Å². The van der Waals surface area contributed by atoms with Crippen LogP contribution in [0.5, 0.6) is 11.5 Å². The van der Waals surface area contributed by atoms with Gasteiger partial charge >= 0.3 is 0 Å². The number of ether oxygens (including phenoxy) is 2. The molecule has 3 aromatic rings. The monoisotopic (exact) mass is 475 g/mol. The summed E-state index contributed by atoms with van der Waals surface area (Å²) in [6.07, 6.45) is 2.00. The molecule has 1 aromatic heterocycles. The number of para-hydroxylation sites is 1. The molecule has 0 radical (unpaired) electrons. The first kappa shape index (κ1) is 22.2. The van der Waals surface area contributed by atoms with Crippen molar-refractivity contribution >= 4 is 38.4 Å². The van der Waals surface area contributed by atoms with E-state index in [-0.39, 0.29) is 11.7 Å². The highest BCUT2D eigenvalue weighted by Crippen LogP contribution is 2.46. The molecule has 2 heterocycles. The van der Waals surface area contributed by atoms with Crippen LogP contribution in [-0.2, 0) is 9.59 Å². The molecule has 7 nitrogen and oxygen atoms in total. The van der Waals surface area contributed by atoms with Gasteiger partial charge in [0.05, 0.1) is 30.4 Å². The van der Waals surface area contributed by atoms with Gasteiger partial charge in [-0.2, -0.15) is 0 Å². The van der Waals surface area contributed by atoms with Gasteiger partial charge in [0.25, 0.3) is 5.91 Å². The number of hydrogen-bond donors (Lipinski definition) is 2. The van der Waals surface area contributed by atoms with Crippen molar-refractivity contribution in [3.8, 4) is 11.5 Å². The van der Waals surface area contributed by atoms with Crippen LogP contribution in [0, 0.1) is 0 Å². The number of methoxy groups -OCH3 is 2. The van der Waals surface area contributed by atoms with Crippen LogP contribution >= 0.6 is 11.3 Å². The van der Waals surface area contributed by atoms with Crippen LogP contribution in [0.4, 0.5) is 5.13 Å². The summed E-state index contributed by atoms with van der Waals surface area (Å²) in [6.45, 7) is 1.87. The maximum Gasteiger partial charge on any atom is 0.256 e. The predicted octanol–water partition coefficient (Wildman–Crippen LogP) is 4.92. The summed E-state index contributed by atoms with van der Waals surface area (Å²) < 4.78 is 12.1. The summed E-state index contributed by atoms with van der Waals surface area (Å²) in [5, 5.41) is 6.83. The van der Waals surface area contributed by atoms with E-state index < -0.39 is 5.92 Å². The third-order valence-electron chi connectivity index (χ3n) is 6.28. The Morgan fingerprint density at radius 1 is 1.15 bits per heavy atom. The number of carbonyl (C=O) groups is 2. The molecule has 1 aliphatic carbocycles. The van der Waals surface area contributed by atoms with Crippen molar-refractivity contribution in [2.75, 3.05) is 19.5 Å². The minimum Gasteiger partial charge on any atom is -0.497 e. The Balaban J connectivity index is 1.62. The first-order valence-electron chi connectivity index (χ1n) is 11.1. The molecule has 2 aliphatic rings. The molecule has 0 unspecified atom stereocenters. The summed E-state index contributed by atoms with van der Waals surface area (Å²) >= 11 is 1.42. The van der Waals surface area contributed by atoms with Crippen LogP contribution in [0.3, 0.4) is 0 Å². The van der Waals surface area contributed by atoms with Gasteiger partial charge in [-0.05, 0) is 50.1 Å². The maximum absolute atomic E-state index is 13.7. The zero-order valence-corrected chi connectivity index (χ0v) is 20.0. The van der Waals surface area contributed by atoms with Crippen molar-refractivity contribution in [1.82, 2.24) is 10.3 Å². The highest BCUT2D eigenvalue weighted by atomic mass is 32.1. The lowest BCUT2D eigenvalue weighted by Crippen LogP contribution is -2.35. The third-order valence-corrected chi connectivity index (χ3v) is 7.23. The van der Waals surface area contributed by atoms with Crippen LogP contribution in [0.15, 0.2) is 65.0 Å². The van der Waals surface area contributed by atoms with E-state index >= 15 is 0 Å². The van der Waals surface area contributed by atoms with Gasteiger partial charge in [0, 0.05) is 34.5 Å². The molecule has 174 valence electrons. The van der Waals surface area contributed by atoms with Crippen molar-refractivity contribution in [2.24, 2.45) is 0 Å². The molecule has 8 heteroatoms. The Kier molecular flexibility index (Phi) is 5.83. The number of Topliss-reactive ketones (excluding diaryl/α,β-unsaturated/α-hetero) is 1. The van der Waals surface area contributed by atoms with Gasteiger partial charge in [-0.15, -0.1) is 0 Å². The highest BCUT2D eigenvalue weighted by Gasteiger charge is 2.40. The van der Waals surface area contributed by atoms with Crippen LogP contribution in [0.2, 0.25) is 0 Å². The summed E-state index contributed by atoms with van der Waals surface area (Å²) in [7, 11) is 3.17. The predicted molar refractivity (Wildman–Crippen MR) is 132 cm³/mol. The van der Waals surface area contributed by atoms with Gasteiger partial charge in [0.15, 0.2) is 10.9 Å². The van der Waals surface area contributed by atoms with Crippen molar-refractivity contribution < 1.29 is 19.1 Å². The van der Waals surface area contributed by atoms with Crippen molar-refractivity contribution in [3.05, 3.63) is 70.6 Å². The van der Waals surface area contributed by atoms with Crippen LogP contribution < -0.4 is 20.1 Å². The molecule has 0 saturated carbocycles. The van der Waals surface area contributed by atoms with Gasteiger partial charge in [-0.25, -0.2) is 4.98 Å². The van der Waals surface area contributed by atoms with Crippen molar-refractivity contribution in [3.63, 3.8) is 0 Å². The molecule has 5 rings (SSSR count). The Labute approximate surface area is 201 Å². The average Bonchev–Trinajstić information content (AvgIpc) is 3.25. The number of rotatable bonds is 5. The molecular weight excluding hydrogens is 450 g/mol. The Morgan fingerprint density at radius 3 is 2.74 bits per heavy atom. The average molecular weight is 476 g/mol. The number of fused-ring (bicyclic) bond motifs is 1. The highest BCUT2D eigenvalue weighted by molar-refractivity contribution is 7.22. The SMILES string of the molecule is COc1ccc(OC)c([C@H]2C(C(=O)Nc3nc4ccccc4s3)=C(C)NC3=C2C(=O)CCC3)c1. The fourth-order valence-electron chi connectivity index (χ4n) is 4.75. The van der Waals surface area contributed by atoms with Crippen molar-refractivity contribution in [1.29, 1.82) is 0 Å². The number of aromatic nitrogens is 1. The lowest BCUT2D eigenvalue weighted by Gasteiger charge is -2.35. The van der Waals surface area contributed by atoms with E-state index in [1.165, 1.54) is 11.3 Å². The summed E-state index contributed by atoms with van der Waals surface area (Å²) in [4.78, 5) is 31.5. The number of carbonyl (C=O) groups excluding carboxylic acids is 2. The van der Waals surface area contributed by atoms with E-state index in [0.29, 0.717) is 39.9 Å². The molecule has 1 atom stereocenters. The van der Waals surface area contributed by atoms with Gasteiger partial charge < -0.3 is 14.8 Å². The lowest BCUT2D eigenvalue weighted by molar-refractivity contribution is -0.116. The number of hydrogen-bond acceptors (Lipinski definition) is 7. The van der Waals surface area contributed by atoms with Crippen LogP contribution in [0.25, 0.3) is 10.2 Å². The van der Waals surface area contributed by atoms with E-state index in [9.17, 15) is 9.59 Å². The normalized spacial score (nSPS) is 18.0. The Bertz CT molecular complexity index is 1340. The molecule has 34 heavy (non-hydrogen) atoms. The van der Waals surface area contributed by atoms with Crippen molar-refractivity contribution in [2.45, 2.75) is 32.1 Å². The minimum atomic E-state index is -0.580. The van der Waals surface area contributed by atoms with E-state index in [4.69, 9.17) is 9.47 Å². The molecule has 0 bridgehead atoms. The molecule has 2 N–H and O–H groups in total. The molecule has 2 aromatic carbocycles. The number of benzene rings is 2. The largest absolute Gasteiger partial charge is 0.497 e. The molecule has 1 amide bonds. The molecule has 0 fully saturated rings. The smallest absolute Gasteiger partial charge is 0.256 e. The summed E-state index contributed by atoms with van der Waals surface area (Å²) in [5.41, 5.74) is 4.23. The summed E-state index contributed by atoms with van der Waals surface area (Å²) in [6, 6.07) is 13.2. The first-order chi connectivity index (χ1) is 16.5. The quantitative estimate of drug-likeness (QED) is 0.545. The Morgan fingerprint density at radius 2 is 1.97 bits per heavy atom. The number of amides is 1. The number of allylic oxidation sites excluding steroid dienone is 3. The van der Waals surface area contributed by atoms with Gasteiger partial charge in [0.1, 0.15) is 11.5 Å². The second-order valence-corrected chi connectivity index (χ2v) is 9.35. The number of nitrogens with zero attached hydrogens (tertiary/aromatic N) is 1. The second-order valence-electron chi connectivity index (χ2n) is 8.31. The van der Waals surface area contributed by atoms with E-state index in [1.54, 1.807) is 20.3 Å². The van der Waals surface area contributed by atoms with Gasteiger partial charge in [0.2, 0.25) is 0 Å². The number of thiazole rings is 1. The van der Waals surface area contributed by atoms with E-state index in [1.807, 2.05) is 43.3 Å². The standard InChI is InChI=1S/C26H25N3O4S/c1-14-22(25(31)29-26-28-17-7-4-5-10-21(17)34-26)23(24-18(27-14)8-6-9-19(24)30)16-13-15(32-2)11-12-20(16)33-3/h4-5,7,10-13,23,27H,6,8-9H2,1-3H3,(H,28,29,31)/t23-/m0/s1. The molecule has 0 saturated heterocycles. The van der Waals surface area contributed by atoms with E-state index in [0.717, 1.165) is 34.3 Å². The summed E-state index contributed by atoms with van der Waals surface area (Å²) in [5.74, 6) is 0.382. The topological polar surface area (TPSA) is 89.6 Å². The van der Waals surface area contributed by atoms with Crippen LogP contribution in [-0.4, -0.2) is 30.9 Å². The number of ketones is 1. The van der Waals surface area contributed by atoms with E-state index in [2.05, 4.69) is 15.6 Å². The lowest BCUT2D eigenvalue weighted by atomic mass is 9.74. The molecule has 0 spiro atoms. The fraction of sp³-hybridized carbons (Fsp3) is 0.269. The minimum absolute atomic E-state index is 0.0430. The molecular formula is C26H25N3O4S. The van der Waals surface area contributed by atoms with Crippen LogP contribution in [0.1, 0.15) is 37.7 Å².